The van der Waals surface area contributed by atoms with Crippen LogP contribution < -0.4 is 5.73 Å². The fraction of sp³-hybridized carbons (Fsp3) is 1.00. The molecule has 2 saturated heterocycles. The molecular weight excluding hydrogens is 222 g/mol. The van der Waals surface area contributed by atoms with E-state index in [-0.39, 0.29) is 0 Å². The first kappa shape index (κ1) is 14.3. The number of hydrogen-bond donors (Lipinski definition) is 1. The molecule has 3 nitrogen and oxygen atoms in total. The molecule has 3 heteroatoms. The fourth-order valence-corrected chi connectivity index (χ4v) is 3.73. The average molecular weight is 253 g/mol. The maximum Gasteiger partial charge on any atom is 0.0247 e. The third-order valence-corrected chi connectivity index (χ3v) is 4.90. The summed E-state index contributed by atoms with van der Waals surface area (Å²) in [5.74, 6) is 0. The van der Waals surface area contributed by atoms with Crippen LogP contribution in [0.4, 0.5) is 0 Å². The van der Waals surface area contributed by atoms with Crippen molar-refractivity contribution in [1.82, 2.24) is 9.80 Å². The molecule has 0 bridgehead atoms. The standard InChI is InChI=1S/C15H31N3/c1-12(2)17-10-7-14(8-11-17)18-9-5-4-6-15(18)13(3)16/h12-15H,4-11,16H2,1-3H3. The van der Waals surface area contributed by atoms with E-state index < -0.39 is 0 Å². The minimum Gasteiger partial charge on any atom is -0.327 e. The van der Waals surface area contributed by atoms with Gasteiger partial charge in [0.25, 0.3) is 0 Å². The van der Waals surface area contributed by atoms with Gasteiger partial charge in [-0.2, -0.15) is 0 Å². The van der Waals surface area contributed by atoms with E-state index in [0.717, 1.165) is 6.04 Å². The highest BCUT2D eigenvalue weighted by atomic mass is 15.2. The summed E-state index contributed by atoms with van der Waals surface area (Å²) in [5, 5.41) is 0. The molecule has 2 aliphatic rings. The molecule has 0 aromatic rings. The smallest absolute Gasteiger partial charge is 0.0247 e. The van der Waals surface area contributed by atoms with E-state index in [9.17, 15) is 0 Å². The Bertz CT molecular complexity index is 244. The molecule has 0 aromatic heterocycles. The second-order valence-electron chi connectivity index (χ2n) is 6.52. The van der Waals surface area contributed by atoms with Gasteiger partial charge in [-0.25, -0.2) is 0 Å². The Morgan fingerprint density at radius 3 is 2.17 bits per heavy atom. The van der Waals surface area contributed by atoms with Crippen molar-refractivity contribution in [3.63, 3.8) is 0 Å². The van der Waals surface area contributed by atoms with Crippen molar-refractivity contribution in [3.05, 3.63) is 0 Å². The summed E-state index contributed by atoms with van der Waals surface area (Å²) >= 11 is 0. The molecule has 18 heavy (non-hydrogen) atoms. The number of nitrogens with zero attached hydrogens (tertiary/aromatic N) is 2. The number of likely N-dealkylation sites (tertiary alicyclic amines) is 2. The zero-order valence-electron chi connectivity index (χ0n) is 12.4. The lowest BCUT2D eigenvalue weighted by Crippen LogP contribution is -2.56. The van der Waals surface area contributed by atoms with Crippen LogP contribution >= 0.6 is 0 Å². The second kappa shape index (κ2) is 6.36. The van der Waals surface area contributed by atoms with Crippen LogP contribution in [0, 0.1) is 0 Å². The van der Waals surface area contributed by atoms with Gasteiger partial charge in [0.05, 0.1) is 0 Å². The predicted octanol–water partition coefficient (Wildman–Crippen LogP) is 2.06. The first-order valence-corrected chi connectivity index (χ1v) is 7.85. The van der Waals surface area contributed by atoms with Crippen LogP contribution in [-0.4, -0.2) is 53.6 Å². The topological polar surface area (TPSA) is 32.5 Å². The molecule has 0 spiro atoms. The second-order valence-corrected chi connectivity index (χ2v) is 6.52. The largest absolute Gasteiger partial charge is 0.327 e. The van der Waals surface area contributed by atoms with Crippen molar-refractivity contribution in [2.75, 3.05) is 19.6 Å². The molecule has 0 amide bonds. The highest BCUT2D eigenvalue weighted by Gasteiger charge is 2.33. The lowest BCUT2D eigenvalue weighted by atomic mass is 9.91. The Hall–Kier alpha value is -0.120. The van der Waals surface area contributed by atoms with Crippen molar-refractivity contribution in [1.29, 1.82) is 0 Å². The van der Waals surface area contributed by atoms with Crippen molar-refractivity contribution in [2.24, 2.45) is 5.73 Å². The summed E-state index contributed by atoms with van der Waals surface area (Å²) in [5.41, 5.74) is 6.19. The number of hydrogen-bond acceptors (Lipinski definition) is 3. The summed E-state index contributed by atoms with van der Waals surface area (Å²) in [4.78, 5) is 5.35. The Morgan fingerprint density at radius 1 is 0.944 bits per heavy atom. The minimum atomic E-state index is 0.327. The highest BCUT2D eigenvalue weighted by Crippen LogP contribution is 2.27. The molecule has 0 aromatic carbocycles. The van der Waals surface area contributed by atoms with E-state index in [0.29, 0.717) is 18.1 Å². The van der Waals surface area contributed by atoms with E-state index in [1.807, 2.05) is 0 Å². The molecule has 2 fully saturated rings. The summed E-state index contributed by atoms with van der Waals surface area (Å²) < 4.78 is 0. The van der Waals surface area contributed by atoms with Crippen molar-refractivity contribution >= 4 is 0 Å². The molecule has 0 radical (unpaired) electrons. The van der Waals surface area contributed by atoms with Crippen molar-refractivity contribution in [3.8, 4) is 0 Å². The molecule has 0 saturated carbocycles. The van der Waals surface area contributed by atoms with E-state index in [1.165, 1.54) is 51.7 Å². The van der Waals surface area contributed by atoms with E-state index in [1.54, 1.807) is 0 Å². The van der Waals surface area contributed by atoms with Gasteiger partial charge in [-0.05, 0) is 66.1 Å². The highest BCUT2D eigenvalue weighted by molar-refractivity contribution is 4.90. The van der Waals surface area contributed by atoms with Gasteiger partial charge in [0.2, 0.25) is 0 Å². The van der Waals surface area contributed by atoms with E-state index in [2.05, 4.69) is 30.6 Å². The van der Waals surface area contributed by atoms with Gasteiger partial charge >= 0.3 is 0 Å². The summed E-state index contributed by atoms with van der Waals surface area (Å²) in [6, 6.07) is 2.45. The maximum absolute atomic E-state index is 6.19. The fourth-order valence-electron chi connectivity index (χ4n) is 3.73. The first-order chi connectivity index (χ1) is 8.59. The molecule has 2 N–H and O–H groups in total. The minimum absolute atomic E-state index is 0.327. The zero-order valence-corrected chi connectivity index (χ0v) is 12.4. The van der Waals surface area contributed by atoms with Crippen LogP contribution in [0.3, 0.4) is 0 Å². The lowest BCUT2D eigenvalue weighted by Gasteiger charge is -2.46. The summed E-state index contributed by atoms with van der Waals surface area (Å²) in [6.07, 6.45) is 6.71. The first-order valence-electron chi connectivity index (χ1n) is 7.85. The molecule has 2 unspecified atom stereocenters. The third kappa shape index (κ3) is 3.25. The predicted molar refractivity (Wildman–Crippen MR) is 77.7 cm³/mol. The number of rotatable bonds is 3. The van der Waals surface area contributed by atoms with Gasteiger partial charge in [-0.15, -0.1) is 0 Å². The Labute approximate surface area is 113 Å². The number of piperidine rings is 2. The Kier molecular flexibility index (Phi) is 5.05. The molecule has 2 atom stereocenters. The molecular formula is C15H31N3. The third-order valence-electron chi connectivity index (χ3n) is 4.90. The van der Waals surface area contributed by atoms with Crippen LogP contribution in [0.15, 0.2) is 0 Å². The van der Waals surface area contributed by atoms with Crippen LogP contribution in [0.5, 0.6) is 0 Å². The van der Waals surface area contributed by atoms with Gasteiger partial charge < -0.3 is 10.6 Å². The van der Waals surface area contributed by atoms with Crippen LogP contribution in [-0.2, 0) is 0 Å². The molecule has 2 aliphatic heterocycles. The van der Waals surface area contributed by atoms with E-state index in [4.69, 9.17) is 5.73 Å². The van der Waals surface area contributed by atoms with Gasteiger partial charge in [0.1, 0.15) is 0 Å². The van der Waals surface area contributed by atoms with Crippen LogP contribution in [0.25, 0.3) is 0 Å². The zero-order chi connectivity index (χ0) is 13.1. The van der Waals surface area contributed by atoms with Gasteiger partial charge in [-0.3, -0.25) is 4.90 Å². The van der Waals surface area contributed by atoms with Crippen molar-refractivity contribution in [2.45, 2.75) is 77.0 Å². The lowest BCUT2D eigenvalue weighted by molar-refractivity contribution is 0.0352. The van der Waals surface area contributed by atoms with Crippen LogP contribution in [0.2, 0.25) is 0 Å². The quantitative estimate of drug-likeness (QED) is 0.835. The van der Waals surface area contributed by atoms with Crippen molar-refractivity contribution < 1.29 is 0 Å². The molecule has 106 valence electrons. The molecule has 0 aliphatic carbocycles. The average Bonchev–Trinajstić information content (AvgIpc) is 2.39. The Morgan fingerprint density at radius 2 is 1.61 bits per heavy atom. The molecule has 2 rings (SSSR count). The SMILES string of the molecule is CC(N)C1CCCCN1C1CCN(C(C)C)CC1. The van der Waals surface area contributed by atoms with Crippen LogP contribution in [0.1, 0.15) is 52.9 Å². The molecule has 2 heterocycles. The number of nitrogens with two attached hydrogens (primary N) is 1. The monoisotopic (exact) mass is 253 g/mol. The van der Waals surface area contributed by atoms with Gasteiger partial charge in [0.15, 0.2) is 0 Å². The Balaban J connectivity index is 1.91. The van der Waals surface area contributed by atoms with E-state index >= 15 is 0 Å². The van der Waals surface area contributed by atoms with Gasteiger partial charge in [0, 0.05) is 24.2 Å². The van der Waals surface area contributed by atoms with Gasteiger partial charge in [-0.1, -0.05) is 6.42 Å². The maximum atomic E-state index is 6.19. The summed E-state index contributed by atoms with van der Waals surface area (Å²) in [7, 11) is 0. The summed E-state index contributed by atoms with van der Waals surface area (Å²) in [6.45, 7) is 10.6. The normalized spacial score (nSPS) is 30.8.